The van der Waals surface area contributed by atoms with Gasteiger partial charge in [-0.3, -0.25) is 0 Å². The number of para-hydroxylation sites is 1. The number of halogens is 1. The molecule has 0 heterocycles. The number of nitrogens with two attached hydrogens (primary N) is 1. The van der Waals surface area contributed by atoms with Crippen LogP contribution in [0.25, 0.3) is 0 Å². The van der Waals surface area contributed by atoms with E-state index in [0.29, 0.717) is 11.3 Å². The van der Waals surface area contributed by atoms with Crippen LogP contribution in [-0.2, 0) is 11.5 Å². The standard InChI is InChI=1S/C7H8FNO/c8-10-5-6-3-1-2-4-7(6)9/h1-4H,5,9H2. The normalized spacial score (nSPS) is 9.70. The maximum absolute atomic E-state index is 11.3. The zero-order valence-electron chi connectivity index (χ0n) is 5.38. The zero-order valence-corrected chi connectivity index (χ0v) is 5.38. The van der Waals surface area contributed by atoms with Crippen LogP contribution in [0.15, 0.2) is 24.3 Å². The molecule has 0 aromatic heterocycles. The summed E-state index contributed by atoms with van der Waals surface area (Å²) in [5, 5.41) is 0. The molecule has 0 aliphatic rings. The minimum Gasteiger partial charge on any atom is -0.398 e. The van der Waals surface area contributed by atoms with Gasteiger partial charge in [0.1, 0.15) is 6.61 Å². The Hall–Kier alpha value is -1.09. The highest BCUT2D eigenvalue weighted by atomic mass is 19.3. The summed E-state index contributed by atoms with van der Waals surface area (Å²) in [6.07, 6.45) is 0. The van der Waals surface area contributed by atoms with Gasteiger partial charge in [0, 0.05) is 11.3 Å². The third-order valence-electron chi connectivity index (χ3n) is 1.27. The maximum Gasteiger partial charge on any atom is 0.115 e. The highest BCUT2D eigenvalue weighted by Crippen LogP contribution is 2.10. The van der Waals surface area contributed by atoms with Crippen LogP contribution < -0.4 is 5.73 Å². The maximum atomic E-state index is 11.3. The summed E-state index contributed by atoms with van der Waals surface area (Å²) in [5.74, 6) is 0. The Balaban J connectivity index is 2.81. The van der Waals surface area contributed by atoms with Crippen molar-refractivity contribution in [1.82, 2.24) is 0 Å². The number of hydrogen-bond acceptors (Lipinski definition) is 2. The highest BCUT2D eigenvalue weighted by Gasteiger charge is 1.95. The van der Waals surface area contributed by atoms with Crippen molar-refractivity contribution in [2.24, 2.45) is 0 Å². The second kappa shape index (κ2) is 3.17. The highest BCUT2D eigenvalue weighted by molar-refractivity contribution is 5.45. The molecular formula is C7H8FNO. The minimum absolute atomic E-state index is 0.0767. The summed E-state index contributed by atoms with van der Waals surface area (Å²) < 4.78 is 11.3. The van der Waals surface area contributed by atoms with Crippen LogP contribution in [0.5, 0.6) is 0 Å². The topological polar surface area (TPSA) is 35.2 Å². The lowest BCUT2D eigenvalue weighted by molar-refractivity contribution is -0.143. The smallest absolute Gasteiger partial charge is 0.115 e. The monoisotopic (exact) mass is 141 g/mol. The Morgan fingerprint density at radius 2 is 2.10 bits per heavy atom. The third-order valence-corrected chi connectivity index (χ3v) is 1.27. The molecule has 0 saturated carbocycles. The van der Waals surface area contributed by atoms with Crippen molar-refractivity contribution >= 4 is 5.69 Å². The fourth-order valence-corrected chi connectivity index (χ4v) is 0.724. The van der Waals surface area contributed by atoms with Crippen LogP contribution in [0.2, 0.25) is 0 Å². The van der Waals surface area contributed by atoms with Gasteiger partial charge in [-0.25, -0.2) is 0 Å². The van der Waals surface area contributed by atoms with E-state index in [-0.39, 0.29) is 6.61 Å². The summed E-state index contributed by atoms with van der Waals surface area (Å²) in [6.45, 7) is -0.0767. The van der Waals surface area contributed by atoms with E-state index in [1.807, 2.05) is 0 Å². The molecule has 1 rings (SSSR count). The van der Waals surface area contributed by atoms with Gasteiger partial charge in [0.25, 0.3) is 0 Å². The lowest BCUT2D eigenvalue weighted by atomic mass is 10.2. The molecule has 0 fully saturated rings. The average molecular weight is 141 g/mol. The van der Waals surface area contributed by atoms with Crippen molar-refractivity contribution in [3.8, 4) is 0 Å². The molecule has 2 N–H and O–H groups in total. The van der Waals surface area contributed by atoms with E-state index in [0.717, 1.165) is 0 Å². The number of nitrogen functional groups attached to an aromatic ring is 1. The lowest BCUT2D eigenvalue weighted by Gasteiger charge is -1.99. The quantitative estimate of drug-likeness (QED) is 0.636. The molecule has 0 saturated heterocycles. The molecule has 3 heteroatoms. The molecule has 2 nitrogen and oxygen atoms in total. The van der Waals surface area contributed by atoms with Gasteiger partial charge in [-0.15, -0.1) is 0 Å². The van der Waals surface area contributed by atoms with Gasteiger partial charge >= 0.3 is 0 Å². The van der Waals surface area contributed by atoms with E-state index in [9.17, 15) is 4.53 Å². The van der Waals surface area contributed by atoms with Crippen LogP contribution in [0, 0.1) is 0 Å². The van der Waals surface area contributed by atoms with Crippen molar-refractivity contribution in [2.45, 2.75) is 6.61 Å². The number of benzene rings is 1. The van der Waals surface area contributed by atoms with E-state index in [1.54, 1.807) is 24.3 Å². The van der Waals surface area contributed by atoms with Gasteiger partial charge in [-0.1, -0.05) is 18.2 Å². The first-order valence-electron chi connectivity index (χ1n) is 2.91. The predicted octanol–water partition coefficient (Wildman–Crippen LogP) is 1.67. The molecule has 0 spiro atoms. The molecule has 0 unspecified atom stereocenters. The van der Waals surface area contributed by atoms with E-state index in [1.165, 1.54) is 0 Å². The SMILES string of the molecule is Nc1ccccc1COF. The van der Waals surface area contributed by atoms with Crippen LogP contribution >= 0.6 is 0 Å². The Labute approximate surface area is 58.3 Å². The van der Waals surface area contributed by atoms with Crippen LogP contribution in [0.1, 0.15) is 5.56 Å². The first-order chi connectivity index (χ1) is 4.84. The van der Waals surface area contributed by atoms with E-state index >= 15 is 0 Å². The Bertz CT molecular complexity index is 215. The molecule has 54 valence electrons. The Morgan fingerprint density at radius 3 is 2.70 bits per heavy atom. The summed E-state index contributed by atoms with van der Waals surface area (Å²) >= 11 is 0. The van der Waals surface area contributed by atoms with Crippen molar-refractivity contribution in [3.05, 3.63) is 29.8 Å². The first-order valence-corrected chi connectivity index (χ1v) is 2.91. The average Bonchev–Trinajstić information content (AvgIpc) is 1.94. The fourth-order valence-electron chi connectivity index (χ4n) is 0.724. The van der Waals surface area contributed by atoms with Gasteiger partial charge in [-0.05, 0) is 10.6 Å². The lowest BCUT2D eigenvalue weighted by Crippen LogP contribution is -1.93. The van der Waals surface area contributed by atoms with Crippen molar-refractivity contribution in [1.29, 1.82) is 0 Å². The molecule has 1 aromatic carbocycles. The molecule has 10 heavy (non-hydrogen) atoms. The second-order valence-corrected chi connectivity index (χ2v) is 1.95. The summed E-state index contributed by atoms with van der Waals surface area (Å²) in [5.41, 5.74) is 6.69. The van der Waals surface area contributed by atoms with Crippen LogP contribution in [0.4, 0.5) is 10.2 Å². The van der Waals surface area contributed by atoms with Crippen molar-refractivity contribution < 1.29 is 9.47 Å². The van der Waals surface area contributed by atoms with Gasteiger partial charge in [0.15, 0.2) is 0 Å². The second-order valence-electron chi connectivity index (χ2n) is 1.95. The number of rotatable bonds is 2. The molecule has 0 atom stereocenters. The van der Waals surface area contributed by atoms with E-state index < -0.39 is 0 Å². The first kappa shape index (κ1) is 7.02. The molecule has 0 aliphatic heterocycles. The fraction of sp³-hybridized carbons (Fsp3) is 0.143. The summed E-state index contributed by atoms with van der Waals surface area (Å²) in [4.78, 5) is 3.43. The van der Waals surface area contributed by atoms with Crippen LogP contribution in [-0.4, -0.2) is 0 Å². The molecule has 0 amide bonds. The Morgan fingerprint density at radius 1 is 1.40 bits per heavy atom. The van der Waals surface area contributed by atoms with Crippen molar-refractivity contribution in [2.75, 3.05) is 5.73 Å². The third kappa shape index (κ3) is 1.45. The predicted molar refractivity (Wildman–Crippen MR) is 36.8 cm³/mol. The minimum atomic E-state index is -0.0767. The number of anilines is 1. The Kier molecular flexibility index (Phi) is 2.23. The molecule has 0 radical (unpaired) electrons. The molecule has 0 bridgehead atoms. The molecule has 1 aromatic rings. The largest absolute Gasteiger partial charge is 0.398 e. The van der Waals surface area contributed by atoms with E-state index in [2.05, 4.69) is 4.94 Å². The molecular weight excluding hydrogens is 133 g/mol. The number of hydrogen-bond donors (Lipinski definition) is 1. The van der Waals surface area contributed by atoms with Gasteiger partial charge in [0.05, 0.1) is 0 Å². The van der Waals surface area contributed by atoms with Gasteiger partial charge < -0.3 is 5.73 Å². The zero-order chi connectivity index (χ0) is 7.40. The van der Waals surface area contributed by atoms with Gasteiger partial charge in [-0.2, -0.15) is 4.94 Å². The van der Waals surface area contributed by atoms with Crippen LogP contribution in [0.3, 0.4) is 0 Å². The van der Waals surface area contributed by atoms with Gasteiger partial charge in [0.2, 0.25) is 0 Å². The molecule has 0 aliphatic carbocycles. The van der Waals surface area contributed by atoms with Crippen molar-refractivity contribution in [3.63, 3.8) is 0 Å². The summed E-state index contributed by atoms with van der Waals surface area (Å²) in [6, 6.07) is 6.99. The summed E-state index contributed by atoms with van der Waals surface area (Å²) in [7, 11) is 0. The van der Waals surface area contributed by atoms with E-state index in [4.69, 9.17) is 5.73 Å².